The molecule has 1 saturated heterocycles. The van der Waals surface area contributed by atoms with Gasteiger partial charge in [-0.15, -0.1) is 0 Å². The molecule has 1 aliphatic carbocycles. The molecule has 2 aliphatic rings. The summed E-state index contributed by atoms with van der Waals surface area (Å²) >= 11 is 0. The maximum atomic E-state index is 12.2. The zero-order valence-electron chi connectivity index (χ0n) is 15.9. The number of carbonyl (C=O) groups is 1. The summed E-state index contributed by atoms with van der Waals surface area (Å²) < 4.78 is 6.16. The van der Waals surface area contributed by atoms with E-state index in [0.29, 0.717) is 11.8 Å². The largest absolute Gasteiger partial charge is 0.490 e. The minimum atomic E-state index is 0.188. The molecule has 4 nitrogen and oxygen atoms in total. The predicted molar refractivity (Wildman–Crippen MR) is 110 cm³/mol. The highest BCUT2D eigenvalue weighted by Gasteiger charge is 2.35. The lowest BCUT2D eigenvalue weighted by molar-refractivity contribution is -0.134. The van der Waals surface area contributed by atoms with Crippen molar-refractivity contribution in [2.45, 2.75) is 31.8 Å². The van der Waals surface area contributed by atoms with Crippen LogP contribution >= 0.6 is 0 Å². The van der Waals surface area contributed by atoms with E-state index in [2.05, 4.69) is 35.3 Å². The minimum Gasteiger partial charge on any atom is -0.490 e. The number of hydrogen-bond donors (Lipinski definition) is 0. The van der Waals surface area contributed by atoms with E-state index in [9.17, 15) is 4.79 Å². The molecular weight excluding hydrogens is 348 g/mol. The van der Waals surface area contributed by atoms with Gasteiger partial charge in [-0.25, -0.2) is 0 Å². The number of piperidine rings is 1. The van der Waals surface area contributed by atoms with Crippen LogP contribution in [-0.2, 0) is 4.79 Å². The summed E-state index contributed by atoms with van der Waals surface area (Å²) in [5, 5.41) is 2.35. The molecule has 2 fully saturated rings. The van der Waals surface area contributed by atoms with Crippen LogP contribution in [0.15, 0.2) is 60.8 Å². The number of benzene rings is 2. The molecule has 0 spiro atoms. The van der Waals surface area contributed by atoms with Crippen LogP contribution in [0.5, 0.6) is 5.75 Å². The summed E-state index contributed by atoms with van der Waals surface area (Å²) in [4.78, 5) is 18.8. The highest BCUT2D eigenvalue weighted by molar-refractivity contribution is 5.85. The van der Waals surface area contributed by atoms with Crippen LogP contribution < -0.4 is 4.74 Å². The summed E-state index contributed by atoms with van der Waals surface area (Å²) in [6.45, 7) is 1.64. The first-order valence-electron chi connectivity index (χ1n) is 10.2. The molecule has 3 aromatic rings. The van der Waals surface area contributed by atoms with Crippen LogP contribution in [0.2, 0.25) is 0 Å². The van der Waals surface area contributed by atoms with Crippen LogP contribution in [-0.4, -0.2) is 35.0 Å². The van der Waals surface area contributed by atoms with Crippen molar-refractivity contribution in [2.75, 3.05) is 13.1 Å². The van der Waals surface area contributed by atoms with Gasteiger partial charge in [-0.3, -0.25) is 9.78 Å². The highest BCUT2D eigenvalue weighted by atomic mass is 16.5. The number of likely N-dealkylation sites (tertiary alicyclic amines) is 1. The smallest absolute Gasteiger partial charge is 0.225 e. The van der Waals surface area contributed by atoms with Crippen molar-refractivity contribution in [3.63, 3.8) is 0 Å². The minimum absolute atomic E-state index is 0.188. The van der Waals surface area contributed by atoms with E-state index in [4.69, 9.17) is 4.74 Å². The van der Waals surface area contributed by atoms with E-state index in [1.807, 2.05) is 35.4 Å². The molecule has 2 aromatic carbocycles. The molecule has 1 saturated carbocycles. The first kappa shape index (κ1) is 17.2. The highest BCUT2D eigenvalue weighted by Crippen LogP contribution is 2.32. The molecular formula is C24H24N2O2. The van der Waals surface area contributed by atoms with Crippen molar-refractivity contribution in [1.29, 1.82) is 0 Å². The van der Waals surface area contributed by atoms with Gasteiger partial charge in [-0.05, 0) is 48.6 Å². The number of nitrogens with zero attached hydrogens (tertiary/aromatic N) is 2. The molecule has 0 atom stereocenters. The second kappa shape index (κ2) is 7.27. The fraction of sp³-hybridized carbons (Fsp3) is 0.333. The van der Waals surface area contributed by atoms with Gasteiger partial charge in [0.2, 0.25) is 5.91 Å². The van der Waals surface area contributed by atoms with Gasteiger partial charge in [-0.2, -0.15) is 0 Å². The van der Waals surface area contributed by atoms with Crippen LogP contribution in [0.25, 0.3) is 22.0 Å². The normalized spacial score (nSPS) is 17.6. The predicted octanol–water partition coefficient (Wildman–Crippen LogP) is 4.68. The Kier molecular flexibility index (Phi) is 4.47. The Bertz CT molecular complexity index is 987. The van der Waals surface area contributed by atoms with E-state index in [1.165, 1.54) is 5.39 Å². The van der Waals surface area contributed by atoms with E-state index >= 15 is 0 Å². The molecule has 1 amide bonds. The number of amides is 1. The van der Waals surface area contributed by atoms with Gasteiger partial charge >= 0.3 is 0 Å². The Morgan fingerprint density at radius 3 is 2.36 bits per heavy atom. The van der Waals surface area contributed by atoms with Gasteiger partial charge in [0.25, 0.3) is 0 Å². The summed E-state index contributed by atoms with van der Waals surface area (Å²) in [5.74, 6) is 1.55. The van der Waals surface area contributed by atoms with Gasteiger partial charge in [0.05, 0.1) is 5.69 Å². The Balaban J connectivity index is 1.22. The molecule has 142 valence electrons. The average Bonchev–Trinajstić information content (AvgIpc) is 3.59. The standard InChI is InChI=1S/C24H24N2O2/c27-24(18-5-6-18)26-13-11-22(12-14-26)28-21-9-7-17(8-10-21)23-15-19-3-1-2-4-20(19)16-25-23/h1-4,7-10,15-16,18,22H,5-6,11-14H2. The lowest BCUT2D eigenvalue weighted by Crippen LogP contribution is -2.42. The monoisotopic (exact) mass is 372 g/mol. The van der Waals surface area contributed by atoms with Crippen LogP contribution in [0, 0.1) is 5.92 Å². The van der Waals surface area contributed by atoms with Crippen molar-refractivity contribution in [1.82, 2.24) is 9.88 Å². The molecule has 0 N–H and O–H groups in total. The van der Waals surface area contributed by atoms with E-state index in [1.54, 1.807) is 0 Å². The van der Waals surface area contributed by atoms with Crippen LogP contribution in [0.3, 0.4) is 0 Å². The van der Waals surface area contributed by atoms with Gasteiger partial charge in [0, 0.05) is 49.0 Å². The van der Waals surface area contributed by atoms with Crippen LogP contribution in [0.1, 0.15) is 25.7 Å². The number of aromatic nitrogens is 1. The molecule has 0 radical (unpaired) electrons. The SMILES string of the molecule is O=C(C1CC1)N1CCC(Oc2ccc(-c3cc4ccccc4cn3)cc2)CC1. The van der Waals surface area contributed by atoms with Gasteiger partial charge in [0.15, 0.2) is 0 Å². The first-order chi connectivity index (χ1) is 13.8. The third-order valence-corrected chi connectivity index (χ3v) is 5.76. The number of hydrogen-bond acceptors (Lipinski definition) is 3. The topological polar surface area (TPSA) is 42.4 Å². The molecule has 0 bridgehead atoms. The van der Waals surface area contributed by atoms with Crippen molar-refractivity contribution < 1.29 is 9.53 Å². The average molecular weight is 372 g/mol. The molecule has 2 heterocycles. The molecule has 0 unspecified atom stereocenters. The first-order valence-corrected chi connectivity index (χ1v) is 10.2. The van der Waals surface area contributed by atoms with E-state index < -0.39 is 0 Å². The molecule has 28 heavy (non-hydrogen) atoms. The van der Waals surface area contributed by atoms with Crippen molar-refractivity contribution >= 4 is 16.7 Å². The van der Waals surface area contributed by atoms with E-state index in [-0.39, 0.29) is 6.10 Å². The zero-order valence-corrected chi connectivity index (χ0v) is 15.9. The van der Waals surface area contributed by atoms with Gasteiger partial charge < -0.3 is 9.64 Å². The van der Waals surface area contributed by atoms with Gasteiger partial charge in [-0.1, -0.05) is 24.3 Å². The molecule has 4 heteroatoms. The molecule has 5 rings (SSSR count). The summed E-state index contributed by atoms with van der Waals surface area (Å²) in [7, 11) is 0. The quantitative estimate of drug-likeness (QED) is 0.668. The lowest BCUT2D eigenvalue weighted by Gasteiger charge is -2.32. The number of rotatable bonds is 4. The number of ether oxygens (including phenoxy) is 1. The van der Waals surface area contributed by atoms with Crippen molar-refractivity contribution in [3.05, 3.63) is 60.8 Å². The number of carbonyl (C=O) groups excluding carboxylic acids is 1. The molecule has 1 aromatic heterocycles. The van der Waals surface area contributed by atoms with Crippen LogP contribution in [0.4, 0.5) is 0 Å². The number of pyridine rings is 1. The third-order valence-electron chi connectivity index (χ3n) is 5.76. The Labute approximate surface area is 165 Å². The Hall–Kier alpha value is -2.88. The summed E-state index contributed by atoms with van der Waals surface area (Å²) in [6, 6.07) is 18.6. The lowest BCUT2D eigenvalue weighted by atomic mass is 10.1. The zero-order chi connectivity index (χ0) is 18.9. The van der Waals surface area contributed by atoms with E-state index in [0.717, 1.165) is 61.2 Å². The second-order valence-electron chi connectivity index (χ2n) is 7.86. The second-order valence-corrected chi connectivity index (χ2v) is 7.86. The summed E-state index contributed by atoms with van der Waals surface area (Å²) in [5.41, 5.74) is 2.06. The number of fused-ring (bicyclic) bond motifs is 1. The Morgan fingerprint density at radius 2 is 1.64 bits per heavy atom. The van der Waals surface area contributed by atoms with Crippen molar-refractivity contribution in [2.24, 2.45) is 5.92 Å². The Morgan fingerprint density at radius 1 is 0.929 bits per heavy atom. The molecule has 1 aliphatic heterocycles. The maximum Gasteiger partial charge on any atom is 0.225 e. The fourth-order valence-electron chi connectivity index (χ4n) is 3.92. The third kappa shape index (κ3) is 3.59. The maximum absolute atomic E-state index is 12.2. The van der Waals surface area contributed by atoms with Gasteiger partial charge in [0.1, 0.15) is 11.9 Å². The fourth-order valence-corrected chi connectivity index (χ4v) is 3.92. The summed E-state index contributed by atoms with van der Waals surface area (Å²) in [6.07, 6.45) is 6.08. The van der Waals surface area contributed by atoms with Crippen molar-refractivity contribution in [3.8, 4) is 17.0 Å².